The number of fused-ring (bicyclic) bond motifs is 1. The van der Waals surface area contributed by atoms with E-state index >= 15 is 0 Å². The largest absolute Gasteiger partial charge is 0.395 e. The summed E-state index contributed by atoms with van der Waals surface area (Å²) < 4.78 is 1.70. The first-order chi connectivity index (χ1) is 12.0. The standard InChI is InChI=1S/C18H21N5O2/c1-12-16-10-13(11-19-17(16)23(3)21-12)18(25)20-14-4-6-15(7-5-14)22(2)8-9-24/h4-7,10-11,24H,8-9H2,1-3H3,(H,20,25). The lowest BCUT2D eigenvalue weighted by atomic mass is 10.2. The van der Waals surface area contributed by atoms with Crippen LogP contribution in [-0.4, -0.2) is 46.0 Å². The molecule has 0 fully saturated rings. The van der Waals surface area contributed by atoms with Gasteiger partial charge in [0.25, 0.3) is 5.91 Å². The number of anilines is 2. The van der Waals surface area contributed by atoms with Gasteiger partial charge in [0.15, 0.2) is 5.65 Å². The predicted molar refractivity (Wildman–Crippen MR) is 98.0 cm³/mol. The van der Waals surface area contributed by atoms with Gasteiger partial charge in [-0.25, -0.2) is 4.98 Å². The highest BCUT2D eigenvalue weighted by molar-refractivity contribution is 6.05. The molecule has 7 nitrogen and oxygen atoms in total. The molecule has 2 heterocycles. The topological polar surface area (TPSA) is 83.3 Å². The molecule has 0 bridgehead atoms. The summed E-state index contributed by atoms with van der Waals surface area (Å²) in [4.78, 5) is 18.7. The Bertz CT molecular complexity index is 902. The normalized spacial score (nSPS) is 10.9. The summed E-state index contributed by atoms with van der Waals surface area (Å²) in [6.07, 6.45) is 1.56. The van der Waals surface area contributed by atoms with Crippen molar-refractivity contribution in [3.8, 4) is 0 Å². The molecule has 7 heteroatoms. The molecule has 1 aromatic carbocycles. The van der Waals surface area contributed by atoms with E-state index in [0.717, 1.165) is 22.4 Å². The van der Waals surface area contributed by atoms with Crippen LogP contribution in [0.15, 0.2) is 36.5 Å². The Balaban J connectivity index is 1.77. The van der Waals surface area contributed by atoms with Gasteiger partial charge >= 0.3 is 0 Å². The molecule has 0 saturated carbocycles. The van der Waals surface area contributed by atoms with Crippen molar-refractivity contribution < 1.29 is 9.90 Å². The number of likely N-dealkylation sites (N-methyl/N-ethyl adjacent to an activating group) is 1. The highest BCUT2D eigenvalue weighted by atomic mass is 16.3. The summed E-state index contributed by atoms with van der Waals surface area (Å²) in [7, 11) is 3.73. The zero-order valence-corrected chi connectivity index (χ0v) is 14.5. The van der Waals surface area contributed by atoms with Gasteiger partial charge in [-0.15, -0.1) is 0 Å². The minimum atomic E-state index is -0.214. The van der Waals surface area contributed by atoms with Crippen molar-refractivity contribution in [3.05, 3.63) is 47.8 Å². The first-order valence-electron chi connectivity index (χ1n) is 8.02. The molecular weight excluding hydrogens is 318 g/mol. The second-order valence-electron chi connectivity index (χ2n) is 5.95. The Kier molecular flexibility index (Phi) is 4.67. The molecule has 0 atom stereocenters. The van der Waals surface area contributed by atoms with Gasteiger partial charge in [0.1, 0.15) is 0 Å². The quantitative estimate of drug-likeness (QED) is 0.742. The van der Waals surface area contributed by atoms with E-state index in [2.05, 4.69) is 15.4 Å². The highest BCUT2D eigenvalue weighted by Crippen LogP contribution is 2.19. The smallest absolute Gasteiger partial charge is 0.257 e. The third-order valence-electron chi connectivity index (χ3n) is 4.13. The average Bonchev–Trinajstić information content (AvgIpc) is 2.89. The van der Waals surface area contributed by atoms with Crippen LogP contribution in [0.3, 0.4) is 0 Å². The van der Waals surface area contributed by atoms with Crippen LogP contribution in [0, 0.1) is 6.92 Å². The summed E-state index contributed by atoms with van der Waals surface area (Å²) in [5.41, 5.74) is 3.77. The van der Waals surface area contributed by atoms with E-state index in [1.165, 1.54) is 0 Å². The molecule has 0 aliphatic heterocycles. The van der Waals surface area contributed by atoms with Crippen LogP contribution in [0.5, 0.6) is 0 Å². The number of amides is 1. The van der Waals surface area contributed by atoms with Gasteiger partial charge < -0.3 is 15.3 Å². The van der Waals surface area contributed by atoms with Crippen LogP contribution >= 0.6 is 0 Å². The molecule has 1 amide bonds. The minimum absolute atomic E-state index is 0.0955. The molecule has 0 radical (unpaired) electrons. The number of rotatable bonds is 5. The van der Waals surface area contributed by atoms with Crippen LogP contribution in [0.1, 0.15) is 16.1 Å². The van der Waals surface area contributed by atoms with Gasteiger partial charge in [0.2, 0.25) is 0 Å². The van der Waals surface area contributed by atoms with Gasteiger partial charge in [-0.3, -0.25) is 9.48 Å². The maximum atomic E-state index is 12.5. The van der Waals surface area contributed by atoms with Crippen molar-refractivity contribution in [2.45, 2.75) is 6.92 Å². The highest BCUT2D eigenvalue weighted by Gasteiger charge is 2.12. The van der Waals surface area contributed by atoms with Gasteiger partial charge in [0.05, 0.1) is 17.9 Å². The van der Waals surface area contributed by atoms with E-state index in [1.54, 1.807) is 10.9 Å². The van der Waals surface area contributed by atoms with Gasteiger partial charge in [-0.05, 0) is 37.3 Å². The number of nitrogens with zero attached hydrogens (tertiary/aromatic N) is 4. The van der Waals surface area contributed by atoms with Crippen LogP contribution in [0.2, 0.25) is 0 Å². The van der Waals surface area contributed by atoms with Gasteiger partial charge in [0, 0.05) is 43.6 Å². The molecule has 0 unspecified atom stereocenters. The maximum absolute atomic E-state index is 12.5. The summed E-state index contributed by atoms with van der Waals surface area (Å²) in [5.74, 6) is -0.214. The molecule has 3 rings (SSSR count). The Morgan fingerprint density at radius 1 is 1.32 bits per heavy atom. The molecule has 0 aliphatic rings. The monoisotopic (exact) mass is 339 g/mol. The molecule has 0 spiro atoms. The van der Waals surface area contributed by atoms with Crippen molar-refractivity contribution in [1.82, 2.24) is 14.8 Å². The minimum Gasteiger partial charge on any atom is -0.395 e. The number of aliphatic hydroxyl groups is 1. The van der Waals surface area contributed by atoms with E-state index in [1.807, 2.05) is 56.3 Å². The Hall–Kier alpha value is -2.93. The van der Waals surface area contributed by atoms with Crippen molar-refractivity contribution in [1.29, 1.82) is 0 Å². The molecular formula is C18H21N5O2. The zero-order chi connectivity index (χ0) is 18.0. The Morgan fingerprint density at radius 3 is 2.72 bits per heavy atom. The maximum Gasteiger partial charge on any atom is 0.257 e. The molecule has 0 saturated heterocycles. The van der Waals surface area contributed by atoms with Crippen LogP contribution in [0.4, 0.5) is 11.4 Å². The summed E-state index contributed by atoms with van der Waals surface area (Å²) in [6, 6.07) is 9.28. The lowest BCUT2D eigenvalue weighted by Gasteiger charge is -2.18. The first kappa shape index (κ1) is 16.9. The van der Waals surface area contributed by atoms with E-state index in [0.29, 0.717) is 17.8 Å². The van der Waals surface area contributed by atoms with E-state index in [-0.39, 0.29) is 12.5 Å². The van der Waals surface area contributed by atoms with E-state index < -0.39 is 0 Å². The van der Waals surface area contributed by atoms with Crippen molar-refractivity contribution in [2.75, 3.05) is 30.4 Å². The summed E-state index contributed by atoms with van der Waals surface area (Å²) in [5, 5.41) is 17.0. The first-order valence-corrected chi connectivity index (χ1v) is 8.02. The number of aryl methyl sites for hydroxylation is 2. The number of aromatic nitrogens is 3. The third kappa shape index (κ3) is 3.46. The SMILES string of the molecule is Cc1nn(C)c2ncc(C(=O)Nc3ccc(N(C)CCO)cc3)cc12. The summed E-state index contributed by atoms with van der Waals surface area (Å²) >= 11 is 0. The van der Waals surface area contributed by atoms with Crippen molar-refractivity contribution in [2.24, 2.45) is 7.05 Å². The van der Waals surface area contributed by atoms with Crippen molar-refractivity contribution in [3.63, 3.8) is 0 Å². The zero-order valence-electron chi connectivity index (χ0n) is 14.5. The molecule has 130 valence electrons. The number of nitrogens with one attached hydrogen (secondary N) is 1. The van der Waals surface area contributed by atoms with Crippen LogP contribution in [-0.2, 0) is 7.05 Å². The number of pyridine rings is 1. The number of carbonyl (C=O) groups excluding carboxylic acids is 1. The van der Waals surface area contributed by atoms with Crippen LogP contribution < -0.4 is 10.2 Å². The van der Waals surface area contributed by atoms with Crippen LogP contribution in [0.25, 0.3) is 11.0 Å². The van der Waals surface area contributed by atoms with Gasteiger partial charge in [-0.2, -0.15) is 5.10 Å². The Morgan fingerprint density at radius 2 is 2.04 bits per heavy atom. The second-order valence-corrected chi connectivity index (χ2v) is 5.95. The fraction of sp³-hybridized carbons (Fsp3) is 0.278. The number of carbonyl (C=O) groups is 1. The molecule has 2 N–H and O–H groups in total. The van der Waals surface area contributed by atoms with Gasteiger partial charge in [-0.1, -0.05) is 0 Å². The number of aliphatic hydroxyl groups excluding tert-OH is 1. The fourth-order valence-electron chi connectivity index (χ4n) is 2.71. The average molecular weight is 339 g/mol. The lowest BCUT2D eigenvalue weighted by Crippen LogP contribution is -2.21. The predicted octanol–water partition coefficient (Wildman–Crippen LogP) is 1.96. The second kappa shape index (κ2) is 6.90. The summed E-state index contributed by atoms with van der Waals surface area (Å²) in [6.45, 7) is 2.55. The molecule has 25 heavy (non-hydrogen) atoms. The number of hydrogen-bond donors (Lipinski definition) is 2. The molecule has 2 aromatic heterocycles. The number of hydrogen-bond acceptors (Lipinski definition) is 5. The van der Waals surface area contributed by atoms with Crippen molar-refractivity contribution >= 4 is 28.3 Å². The number of benzene rings is 1. The Labute approximate surface area is 145 Å². The lowest BCUT2D eigenvalue weighted by molar-refractivity contribution is 0.102. The molecule has 0 aliphatic carbocycles. The van der Waals surface area contributed by atoms with E-state index in [4.69, 9.17) is 5.11 Å². The molecule has 3 aromatic rings. The third-order valence-corrected chi connectivity index (χ3v) is 4.13. The van der Waals surface area contributed by atoms with E-state index in [9.17, 15) is 4.79 Å². The fourth-order valence-corrected chi connectivity index (χ4v) is 2.71.